The third-order valence-electron chi connectivity index (χ3n) is 6.89. The summed E-state index contributed by atoms with van der Waals surface area (Å²) in [6.07, 6.45) is 7.25. The Balaban J connectivity index is 3.06. The Morgan fingerprint density at radius 3 is 1.91 bits per heavy atom. The molecular weight excluding hydrogens is 444 g/mol. The fraction of sp³-hybridized carbons (Fsp3) is 0.815. The van der Waals surface area contributed by atoms with Gasteiger partial charge in [-0.05, 0) is 34.1 Å². The summed E-state index contributed by atoms with van der Waals surface area (Å²) < 4.78 is 5.45. The molecule has 35 heavy (non-hydrogen) atoms. The van der Waals surface area contributed by atoms with Crippen molar-refractivity contribution in [1.82, 2.24) is 19.6 Å². The van der Waals surface area contributed by atoms with Crippen molar-refractivity contribution in [3.8, 4) is 12.3 Å². The summed E-state index contributed by atoms with van der Waals surface area (Å²) in [6.45, 7) is 19.4. The SMILES string of the molecule is C#CCN(CCC(C)(C)N(CC(C)(C)N(CCN1CCOCC1)C(=O)CC)C(=O)CC)C(=O)CC. The van der Waals surface area contributed by atoms with E-state index in [-0.39, 0.29) is 24.3 Å². The molecular formula is C27H48N4O4. The normalized spacial score (nSPS) is 14.8. The van der Waals surface area contributed by atoms with E-state index in [1.54, 1.807) is 4.90 Å². The molecule has 0 spiro atoms. The molecule has 0 aliphatic carbocycles. The Kier molecular flexibility index (Phi) is 12.8. The first-order valence-corrected chi connectivity index (χ1v) is 13.1. The molecule has 1 aliphatic rings. The summed E-state index contributed by atoms with van der Waals surface area (Å²) in [5.74, 6) is 2.69. The number of nitrogens with zero attached hydrogens (tertiary/aromatic N) is 4. The van der Waals surface area contributed by atoms with Gasteiger partial charge in [-0.25, -0.2) is 0 Å². The first-order valence-electron chi connectivity index (χ1n) is 13.1. The standard InChI is InChI=1S/C27H48N4O4/c1-9-14-29(23(32)10-2)15-13-26(5,6)31(25(34)12-4)22-27(7,8)30(24(33)11-3)17-16-28-18-20-35-21-19-28/h1H,10-22H2,2-8H3. The van der Waals surface area contributed by atoms with Gasteiger partial charge >= 0.3 is 0 Å². The molecule has 8 nitrogen and oxygen atoms in total. The maximum atomic E-state index is 13.2. The zero-order chi connectivity index (χ0) is 26.6. The van der Waals surface area contributed by atoms with E-state index in [0.717, 1.165) is 32.8 Å². The number of hydrogen-bond acceptors (Lipinski definition) is 5. The van der Waals surface area contributed by atoms with Gasteiger partial charge in [-0.3, -0.25) is 19.3 Å². The first kappa shape index (κ1) is 30.9. The van der Waals surface area contributed by atoms with Crippen molar-refractivity contribution in [3.05, 3.63) is 0 Å². The van der Waals surface area contributed by atoms with Crippen LogP contribution in [-0.4, -0.2) is 107 Å². The van der Waals surface area contributed by atoms with Gasteiger partial charge < -0.3 is 19.4 Å². The van der Waals surface area contributed by atoms with E-state index in [0.29, 0.717) is 45.3 Å². The highest BCUT2D eigenvalue weighted by Gasteiger charge is 2.39. The van der Waals surface area contributed by atoms with E-state index in [1.807, 2.05) is 58.3 Å². The predicted molar refractivity (Wildman–Crippen MR) is 140 cm³/mol. The Labute approximate surface area is 213 Å². The van der Waals surface area contributed by atoms with Crippen molar-refractivity contribution in [3.63, 3.8) is 0 Å². The van der Waals surface area contributed by atoms with Crippen molar-refractivity contribution in [2.75, 3.05) is 59.0 Å². The minimum Gasteiger partial charge on any atom is -0.379 e. The van der Waals surface area contributed by atoms with Gasteiger partial charge in [0, 0.05) is 64.1 Å². The van der Waals surface area contributed by atoms with Crippen molar-refractivity contribution < 1.29 is 19.1 Å². The second-order valence-electron chi connectivity index (χ2n) is 10.4. The maximum Gasteiger partial charge on any atom is 0.223 e. The minimum atomic E-state index is -0.556. The smallest absolute Gasteiger partial charge is 0.223 e. The van der Waals surface area contributed by atoms with Crippen LogP contribution >= 0.6 is 0 Å². The van der Waals surface area contributed by atoms with Crippen molar-refractivity contribution in [2.24, 2.45) is 0 Å². The molecule has 200 valence electrons. The van der Waals surface area contributed by atoms with Crippen LogP contribution in [0.25, 0.3) is 0 Å². The predicted octanol–water partition coefficient (Wildman–Crippen LogP) is 2.61. The molecule has 1 rings (SSSR count). The molecule has 0 aromatic heterocycles. The van der Waals surface area contributed by atoms with Gasteiger partial charge in [-0.2, -0.15) is 0 Å². The Morgan fingerprint density at radius 2 is 1.40 bits per heavy atom. The number of amides is 3. The van der Waals surface area contributed by atoms with E-state index in [1.165, 1.54) is 0 Å². The summed E-state index contributed by atoms with van der Waals surface area (Å²) >= 11 is 0. The van der Waals surface area contributed by atoms with Crippen LogP contribution in [0.4, 0.5) is 0 Å². The van der Waals surface area contributed by atoms with E-state index < -0.39 is 11.1 Å². The van der Waals surface area contributed by atoms with Crippen molar-refractivity contribution in [2.45, 2.75) is 85.2 Å². The van der Waals surface area contributed by atoms with Crippen LogP contribution in [0.1, 0.15) is 74.1 Å². The van der Waals surface area contributed by atoms with Crippen LogP contribution in [0.5, 0.6) is 0 Å². The number of rotatable bonds is 14. The quantitative estimate of drug-likeness (QED) is 0.349. The lowest BCUT2D eigenvalue weighted by molar-refractivity contribution is -0.146. The highest BCUT2D eigenvalue weighted by Crippen LogP contribution is 2.27. The molecule has 0 aromatic carbocycles. The molecule has 0 N–H and O–H groups in total. The van der Waals surface area contributed by atoms with Gasteiger partial charge in [0.15, 0.2) is 0 Å². The Morgan fingerprint density at radius 1 is 0.857 bits per heavy atom. The number of carbonyl (C=O) groups is 3. The maximum absolute atomic E-state index is 13.2. The van der Waals surface area contributed by atoms with Crippen molar-refractivity contribution in [1.29, 1.82) is 0 Å². The van der Waals surface area contributed by atoms with Gasteiger partial charge in [-0.1, -0.05) is 26.7 Å². The van der Waals surface area contributed by atoms with Crippen LogP contribution in [0, 0.1) is 12.3 Å². The third-order valence-corrected chi connectivity index (χ3v) is 6.89. The minimum absolute atomic E-state index is 0.00952. The second-order valence-corrected chi connectivity index (χ2v) is 10.4. The molecule has 0 aromatic rings. The van der Waals surface area contributed by atoms with Gasteiger partial charge in [0.2, 0.25) is 17.7 Å². The van der Waals surface area contributed by atoms with Crippen LogP contribution in [0.2, 0.25) is 0 Å². The zero-order valence-corrected chi connectivity index (χ0v) is 23.2. The average Bonchev–Trinajstić information content (AvgIpc) is 2.84. The van der Waals surface area contributed by atoms with Crippen LogP contribution in [0.15, 0.2) is 0 Å². The summed E-state index contributed by atoms with van der Waals surface area (Å²) in [6, 6.07) is 0. The Hall–Kier alpha value is -2.11. The molecule has 8 heteroatoms. The van der Waals surface area contributed by atoms with E-state index in [9.17, 15) is 14.4 Å². The number of terminal acetylenes is 1. The molecule has 1 heterocycles. The van der Waals surface area contributed by atoms with Crippen LogP contribution < -0.4 is 0 Å². The third kappa shape index (κ3) is 9.46. The van der Waals surface area contributed by atoms with E-state index in [2.05, 4.69) is 10.8 Å². The molecule has 1 fully saturated rings. The fourth-order valence-electron chi connectivity index (χ4n) is 4.49. The lowest BCUT2D eigenvalue weighted by Crippen LogP contribution is -2.61. The second kappa shape index (κ2) is 14.4. The molecule has 3 amide bonds. The summed E-state index contributed by atoms with van der Waals surface area (Å²) in [5, 5.41) is 0. The van der Waals surface area contributed by atoms with Gasteiger partial charge in [0.25, 0.3) is 0 Å². The summed E-state index contributed by atoms with van der Waals surface area (Å²) in [5.41, 5.74) is -1.07. The van der Waals surface area contributed by atoms with Gasteiger partial charge in [-0.15, -0.1) is 6.42 Å². The highest BCUT2D eigenvalue weighted by molar-refractivity contribution is 5.78. The molecule has 0 bridgehead atoms. The molecule has 0 atom stereocenters. The largest absolute Gasteiger partial charge is 0.379 e. The summed E-state index contributed by atoms with van der Waals surface area (Å²) in [4.78, 5) is 46.3. The number of ether oxygens (including phenoxy) is 1. The Bertz CT molecular complexity index is 738. The lowest BCUT2D eigenvalue weighted by atomic mass is 9.92. The average molecular weight is 493 g/mol. The van der Waals surface area contributed by atoms with Crippen LogP contribution in [-0.2, 0) is 19.1 Å². The fourth-order valence-corrected chi connectivity index (χ4v) is 4.49. The number of carbonyl (C=O) groups excluding carboxylic acids is 3. The highest BCUT2D eigenvalue weighted by atomic mass is 16.5. The molecule has 1 saturated heterocycles. The molecule has 1 aliphatic heterocycles. The van der Waals surface area contributed by atoms with Crippen LogP contribution in [0.3, 0.4) is 0 Å². The van der Waals surface area contributed by atoms with Crippen molar-refractivity contribution >= 4 is 17.7 Å². The molecule has 0 saturated carbocycles. The molecule has 0 unspecified atom stereocenters. The van der Waals surface area contributed by atoms with E-state index in [4.69, 9.17) is 11.2 Å². The number of morpholine rings is 1. The summed E-state index contributed by atoms with van der Waals surface area (Å²) in [7, 11) is 0. The zero-order valence-electron chi connectivity index (χ0n) is 23.2. The van der Waals surface area contributed by atoms with Gasteiger partial charge in [0.05, 0.1) is 25.3 Å². The number of hydrogen-bond donors (Lipinski definition) is 0. The van der Waals surface area contributed by atoms with E-state index >= 15 is 0 Å². The lowest BCUT2D eigenvalue weighted by Gasteiger charge is -2.48. The topological polar surface area (TPSA) is 73.4 Å². The van der Waals surface area contributed by atoms with Gasteiger partial charge in [0.1, 0.15) is 0 Å². The first-order chi connectivity index (χ1) is 16.4. The molecule has 0 radical (unpaired) electrons. The monoisotopic (exact) mass is 492 g/mol.